The molecule has 0 unspecified atom stereocenters. The second kappa shape index (κ2) is 6.06. The van der Waals surface area contributed by atoms with Gasteiger partial charge in [0.2, 0.25) is 5.91 Å². The van der Waals surface area contributed by atoms with Gasteiger partial charge in [0.25, 0.3) is 0 Å². The SMILES string of the molecule is COc1cc(NC(=O)C2CCC(N)CC2)ccc1C. The Morgan fingerprint density at radius 1 is 1.32 bits per heavy atom. The van der Waals surface area contributed by atoms with Crippen molar-refractivity contribution >= 4 is 11.6 Å². The number of hydrogen-bond acceptors (Lipinski definition) is 3. The molecule has 104 valence electrons. The summed E-state index contributed by atoms with van der Waals surface area (Å²) in [6.07, 6.45) is 3.65. The average Bonchev–Trinajstić information content (AvgIpc) is 2.41. The van der Waals surface area contributed by atoms with Gasteiger partial charge in [-0.2, -0.15) is 0 Å². The van der Waals surface area contributed by atoms with E-state index < -0.39 is 0 Å². The Bertz CT molecular complexity index is 451. The lowest BCUT2D eigenvalue weighted by Gasteiger charge is -2.25. The van der Waals surface area contributed by atoms with E-state index in [1.807, 2.05) is 25.1 Å². The molecule has 0 atom stereocenters. The second-order valence-corrected chi connectivity index (χ2v) is 5.29. The van der Waals surface area contributed by atoms with Crippen LogP contribution in [-0.2, 0) is 4.79 Å². The molecule has 0 aliphatic heterocycles. The van der Waals surface area contributed by atoms with Gasteiger partial charge in [0, 0.05) is 23.7 Å². The summed E-state index contributed by atoms with van der Waals surface area (Å²) in [6.45, 7) is 1.98. The van der Waals surface area contributed by atoms with Gasteiger partial charge >= 0.3 is 0 Å². The van der Waals surface area contributed by atoms with Gasteiger partial charge in [-0.25, -0.2) is 0 Å². The van der Waals surface area contributed by atoms with E-state index in [1.54, 1.807) is 7.11 Å². The van der Waals surface area contributed by atoms with E-state index in [2.05, 4.69) is 5.32 Å². The Kier molecular flexibility index (Phi) is 4.43. The molecule has 0 saturated heterocycles. The summed E-state index contributed by atoms with van der Waals surface area (Å²) in [5.41, 5.74) is 7.71. The molecule has 0 aromatic heterocycles. The Labute approximate surface area is 114 Å². The zero-order valence-electron chi connectivity index (χ0n) is 11.6. The summed E-state index contributed by atoms with van der Waals surface area (Å²) in [4.78, 5) is 12.2. The summed E-state index contributed by atoms with van der Waals surface area (Å²) in [5, 5.41) is 2.97. The molecule has 1 aliphatic carbocycles. The predicted molar refractivity (Wildman–Crippen MR) is 76.3 cm³/mol. The van der Waals surface area contributed by atoms with Crippen LogP contribution in [0.2, 0.25) is 0 Å². The van der Waals surface area contributed by atoms with Crippen molar-refractivity contribution < 1.29 is 9.53 Å². The molecule has 2 rings (SSSR count). The first-order valence-electron chi connectivity index (χ1n) is 6.81. The Morgan fingerprint density at radius 2 is 2.00 bits per heavy atom. The lowest BCUT2D eigenvalue weighted by Crippen LogP contribution is -2.32. The summed E-state index contributed by atoms with van der Waals surface area (Å²) in [7, 11) is 1.64. The topological polar surface area (TPSA) is 64.3 Å². The molecule has 1 aromatic rings. The normalized spacial score (nSPS) is 22.9. The quantitative estimate of drug-likeness (QED) is 0.879. The molecule has 1 aromatic carbocycles. The number of anilines is 1. The molecule has 0 bridgehead atoms. The number of ether oxygens (including phenoxy) is 1. The molecule has 19 heavy (non-hydrogen) atoms. The highest BCUT2D eigenvalue weighted by Gasteiger charge is 2.24. The van der Waals surface area contributed by atoms with Crippen LogP contribution in [-0.4, -0.2) is 19.1 Å². The predicted octanol–water partition coefficient (Wildman–Crippen LogP) is 2.46. The van der Waals surface area contributed by atoms with Crippen LogP contribution < -0.4 is 15.8 Å². The van der Waals surface area contributed by atoms with Gasteiger partial charge < -0.3 is 15.8 Å². The van der Waals surface area contributed by atoms with Crippen molar-refractivity contribution in [1.82, 2.24) is 0 Å². The highest BCUT2D eigenvalue weighted by molar-refractivity contribution is 5.92. The molecule has 3 N–H and O–H groups in total. The molecule has 4 heteroatoms. The number of amides is 1. The standard InChI is InChI=1S/C15H22N2O2/c1-10-3-8-13(9-14(10)19-2)17-15(18)11-4-6-12(16)7-5-11/h3,8-9,11-12H,4-7,16H2,1-2H3,(H,17,18). The molecule has 1 fully saturated rings. The molecule has 0 radical (unpaired) electrons. The van der Waals surface area contributed by atoms with Crippen molar-refractivity contribution in [2.45, 2.75) is 38.6 Å². The maximum Gasteiger partial charge on any atom is 0.227 e. The van der Waals surface area contributed by atoms with E-state index in [0.29, 0.717) is 0 Å². The van der Waals surface area contributed by atoms with E-state index in [4.69, 9.17) is 10.5 Å². The number of nitrogens with two attached hydrogens (primary N) is 1. The molecule has 0 heterocycles. The van der Waals surface area contributed by atoms with Crippen molar-refractivity contribution in [3.63, 3.8) is 0 Å². The van der Waals surface area contributed by atoms with Gasteiger partial charge in [-0.15, -0.1) is 0 Å². The molecule has 0 spiro atoms. The van der Waals surface area contributed by atoms with Crippen LogP contribution >= 0.6 is 0 Å². The molecular weight excluding hydrogens is 240 g/mol. The van der Waals surface area contributed by atoms with E-state index >= 15 is 0 Å². The van der Waals surface area contributed by atoms with Crippen molar-refractivity contribution in [2.24, 2.45) is 11.7 Å². The molecule has 1 aliphatic rings. The molecule has 1 saturated carbocycles. The van der Waals surface area contributed by atoms with Gasteiger partial charge in [-0.1, -0.05) is 6.07 Å². The smallest absolute Gasteiger partial charge is 0.227 e. The maximum absolute atomic E-state index is 12.2. The number of hydrogen-bond donors (Lipinski definition) is 2. The number of carbonyl (C=O) groups is 1. The maximum atomic E-state index is 12.2. The van der Waals surface area contributed by atoms with Crippen LogP contribution in [0.5, 0.6) is 5.75 Å². The van der Waals surface area contributed by atoms with Crippen LogP contribution in [0.25, 0.3) is 0 Å². The zero-order valence-corrected chi connectivity index (χ0v) is 11.6. The first-order chi connectivity index (χ1) is 9.10. The molecule has 4 nitrogen and oxygen atoms in total. The van der Waals surface area contributed by atoms with Crippen LogP contribution in [0.4, 0.5) is 5.69 Å². The third kappa shape index (κ3) is 3.47. The first kappa shape index (κ1) is 13.9. The van der Waals surface area contributed by atoms with Gasteiger partial charge in [0.1, 0.15) is 5.75 Å². The van der Waals surface area contributed by atoms with E-state index in [-0.39, 0.29) is 17.9 Å². The first-order valence-corrected chi connectivity index (χ1v) is 6.81. The zero-order chi connectivity index (χ0) is 13.8. The van der Waals surface area contributed by atoms with Gasteiger partial charge in [0.15, 0.2) is 0 Å². The fraction of sp³-hybridized carbons (Fsp3) is 0.533. The lowest BCUT2D eigenvalue weighted by atomic mass is 9.86. The highest BCUT2D eigenvalue weighted by atomic mass is 16.5. The number of methoxy groups -OCH3 is 1. The summed E-state index contributed by atoms with van der Waals surface area (Å²) in [6, 6.07) is 5.99. The molecule has 1 amide bonds. The van der Waals surface area contributed by atoms with Gasteiger partial charge in [-0.05, 0) is 44.2 Å². The number of rotatable bonds is 3. The number of aryl methyl sites for hydroxylation is 1. The molecular formula is C15H22N2O2. The van der Waals surface area contributed by atoms with Gasteiger partial charge in [0.05, 0.1) is 7.11 Å². The van der Waals surface area contributed by atoms with Crippen LogP contribution in [0.3, 0.4) is 0 Å². The Hall–Kier alpha value is -1.55. The monoisotopic (exact) mass is 262 g/mol. The van der Waals surface area contributed by atoms with Crippen LogP contribution in [0.15, 0.2) is 18.2 Å². The van der Waals surface area contributed by atoms with Crippen molar-refractivity contribution in [3.05, 3.63) is 23.8 Å². The minimum Gasteiger partial charge on any atom is -0.496 e. The Balaban J connectivity index is 1.98. The largest absolute Gasteiger partial charge is 0.496 e. The van der Waals surface area contributed by atoms with Crippen LogP contribution in [0.1, 0.15) is 31.2 Å². The fourth-order valence-electron chi connectivity index (χ4n) is 2.52. The van der Waals surface area contributed by atoms with Crippen molar-refractivity contribution in [1.29, 1.82) is 0 Å². The number of nitrogens with one attached hydrogen (secondary N) is 1. The lowest BCUT2D eigenvalue weighted by molar-refractivity contribution is -0.120. The summed E-state index contributed by atoms with van der Waals surface area (Å²) in [5.74, 6) is 0.980. The summed E-state index contributed by atoms with van der Waals surface area (Å²) < 4.78 is 5.26. The Morgan fingerprint density at radius 3 is 2.63 bits per heavy atom. The summed E-state index contributed by atoms with van der Waals surface area (Å²) >= 11 is 0. The number of benzene rings is 1. The van der Waals surface area contributed by atoms with Crippen molar-refractivity contribution in [3.8, 4) is 5.75 Å². The minimum absolute atomic E-state index is 0.0899. The third-order valence-corrected chi connectivity index (χ3v) is 3.82. The fourth-order valence-corrected chi connectivity index (χ4v) is 2.52. The van der Waals surface area contributed by atoms with E-state index in [1.165, 1.54) is 0 Å². The number of carbonyl (C=O) groups excluding carboxylic acids is 1. The third-order valence-electron chi connectivity index (χ3n) is 3.82. The van der Waals surface area contributed by atoms with Gasteiger partial charge in [-0.3, -0.25) is 4.79 Å². The van der Waals surface area contributed by atoms with Crippen molar-refractivity contribution in [2.75, 3.05) is 12.4 Å². The average molecular weight is 262 g/mol. The minimum atomic E-state index is 0.0899. The second-order valence-electron chi connectivity index (χ2n) is 5.29. The van der Waals surface area contributed by atoms with E-state index in [0.717, 1.165) is 42.7 Å². The van der Waals surface area contributed by atoms with E-state index in [9.17, 15) is 4.79 Å². The van der Waals surface area contributed by atoms with Crippen LogP contribution in [0, 0.1) is 12.8 Å². The highest BCUT2D eigenvalue weighted by Crippen LogP contribution is 2.26.